The molecule has 0 aliphatic rings. The summed E-state index contributed by atoms with van der Waals surface area (Å²) in [5, 5.41) is 7.00. The first kappa shape index (κ1) is 17.6. The Balaban J connectivity index is 0. The summed E-state index contributed by atoms with van der Waals surface area (Å²) in [7, 11) is 1.00. The van der Waals surface area contributed by atoms with Crippen molar-refractivity contribution in [1.29, 1.82) is 0 Å². The molecule has 0 unspecified atom stereocenters. The van der Waals surface area contributed by atoms with Crippen LogP contribution in [-0.4, -0.2) is 12.2 Å². The summed E-state index contributed by atoms with van der Waals surface area (Å²) in [5.41, 5.74) is 1.32. The van der Waals surface area contributed by atoms with E-state index in [4.69, 9.17) is 5.11 Å². The number of aliphatic hydroxyl groups is 1. The van der Waals surface area contributed by atoms with Gasteiger partial charge in [0.2, 0.25) is 0 Å². The van der Waals surface area contributed by atoms with Gasteiger partial charge in [-0.15, -0.1) is 0 Å². The van der Waals surface area contributed by atoms with E-state index in [2.05, 4.69) is 32.9 Å². The second-order valence-electron chi connectivity index (χ2n) is 3.72. The zero-order valence-electron chi connectivity index (χ0n) is 11.4. The zero-order chi connectivity index (χ0) is 12.6. The van der Waals surface area contributed by atoms with Crippen molar-refractivity contribution in [3.63, 3.8) is 0 Å². The molecule has 1 heteroatoms. The molecule has 1 aromatic carbocycles. The number of unbranched alkanes of at least 4 members (excludes halogenated alkanes) is 4. The first-order valence-corrected chi connectivity index (χ1v) is 6.27. The van der Waals surface area contributed by atoms with Gasteiger partial charge in [0, 0.05) is 7.11 Å². The third-order valence-electron chi connectivity index (χ3n) is 2.15. The van der Waals surface area contributed by atoms with Crippen LogP contribution in [-0.2, 0) is 0 Å². The maximum atomic E-state index is 7.00. The van der Waals surface area contributed by atoms with E-state index in [0.717, 1.165) is 7.11 Å². The molecule has 0 spiro atoms. The van der Waals surface area contributed by atoms with Crippen LogP contribution in [0.3, 0.4) is 0 Å². The second kappa shape index (κ2) is 16.6. The van der Waals surface area contributed by atoms with E-state index in [-0.39, 0.29) is 0 Å². The molecule has 0 saturated heterocycles. The van der Waals surface area contributed by atoms with Crippen LogP contribution in [0.4, 0.5) is 0 Å². The molecular formula is C15H28O. The highest BCUT2D eigenvalue weighted by atomic mass is 16.2. The summed E-state index contributed by atoms with van der Waals surface area (Å²) < 4.78 is 0. The Bertz CT molecular complexity index is 190. The Morgan fingerprint density at radius 1 is 0.812 bits per heavy atom. The molecule has 94 valence electrons. The largest absolute Gasteiger partial charge is 0.400 e. The van der Waals surface area contributed by atoms with Gasteiger partial charge in [-0.3, -0.25) is 0 Å². The highest BCUT2D eigenvalue weighted by Gasteiger charge is 1.80. The van der Waals surface area contributed by atoms with Gasteiger partial charge < -0.3 is 5.11 Å². The summed E-state index contributed by atoms with van der Waals surface area (Å²) >= 11 is 0. The minimum atomic E-state index is 1.00. The third kappa shape index (κ3) is 15.6. The van der Waals surface area contributed by atoms with Crippen molar-refractivity contribution >= 4 is 0 Å². The van der Waals surface area contributed by atoms with Crippen LogP contribution < -0.4 is 0 Å². The monoisotopic (exact) mass is 224 g/mol. The van der Waals surface area contributed by atoms with Gasteiger partial charge in [-0.2, -0.15) is 0 Å². The van der Waals surface area contributed by atoms with Crippen molar-refractivity contribution in [2.75, 3.05) is 7.11 Å². The minimum Gasteiger partial charge on any atom is -0.400 e. The van der Waals surface area contributed by atoms with Crippen molar-refractivity contribution in [2.24, 2.45) is 0 Å². The number of rotatable bonds is 4. The Morgan fingerprint density at radius 3 is 1.50 bits per heavy atom. The molecule has 0 radical (unpaired) electrons. The quantitative estimate of drug-likeness (QED) is 0.742. The summed E-state index contributed by atoms with van der Waals surface area (Å²) in [5.74, 6) is 0. The number of hydrogen-bond donors (Lipinski definition) is 1. The van der Waals surface area contributed by atoms with Crippen LogP contribution in [0.15, 0.2) is 30.3 Å². The Morgan fingerprint density at radius 2 is 1.25 bits per heavy atom. The molecule has 0 heterocycles. The predicted molar refractivity (Wildman–Crippen MR) is 73.8 cm³/mol. The fourth-order valence-corrected chi connectivity index (χ4v) is 1.21. The third-order valence-corrected chi connectivity index (χ3v) is 2.15. The van der Waals surface area contributed by atoms with E-state index in [1.807, 2.05) is 18.2 Å². The molecule has 1 nitrogen and oxygen atoms in total. The lowest BCUT2D eigenvalue weighted by Crippen LogP contribution is -1.70. The molecule has 0 aliphatic carbocycles. The fraction of sp³-hybridized carbons (Fsp3) is 0.600. The molecule has 0 atom stereocenters. The van der Waals surface area contributed by atoms with Crippen LogP contribution in [0.2, 0.25) is 0 Å². The topological polar surface area (TPSA) is 20.2 Å². The normalized spacial score (nSPS) is 8.31. The summed E-state index contributed by atoms with van der Waals surface area (Å²) in [6, 6.07) is 10.3. The molecule has 0 saturated carbocycles. The van der Waals surface area contributed by atoms with Crippen molar-refractivity contribution in [3.8, 4) is 0 Å². The number of benzene rings is 1. The van der Waals surface area contributed by atoms with Crippen molar-refractivity contribution < 1.29 is 5.11 Å². The summed E-state index contributed by atoms with van der Waals surface area (Å²) in [6.07, 6.45) is 7.01. The van der Waals surface area contributed by atoms with Gasteiger partial charge >= 0.3 is 0 Å². The first-order chi connectivity index (χ1) is 7.81. The van der Waals surface area contributed by atoms with Crippen LogP contribution in [0.1, 0.15) is 51.5 Å². The van der Waals surface area contributed by atoms with E-state index < -0.39 is 0 Å². The lowest BCUT2D eigenvalue weighted by atomic mass is 10.2. The van der Waals surface area contributed by atoms with Gasteiger partial charge in [0.05, 0.1) is 0 Å². The van der Waals surface area contributed by atoms with E-state index in [9.17, 15) is 0 Å². The maximum absolute atomic E-state index is 7.00. The van der Waals surface area contributed by atoms with Gasteiger partial charge in [-0.05, 0) is 6.92 Å². The Labute approximate surface area is 102 Å². The van der Waals surface area contributed by atoms with Gasteiger partial charge in [0.25, 0.3) is 0 Å². The Hall–Kier alpha value is -0.820. The standard InChI is InChI=1S/C7H8.C7H16.CH4O/c1-7-5-3-2-4-6-7;1-3-5-7-6-4-2;1-2/h2-6H,1H3;3-7H2,1-2H3;2H,1H3. The lowest BCUT2D eigenvalue weighted by Gasteiger charge is -1.90. The molecule has 0 bridgehead atoms. The van der Waals surface area contributed by atoms with Crippen LogP contribution in [0, 0.1) is 6.92 Å². The molecule has 0 amide bonds. The van der Waals surface area contributed by atoms with Gasteiger partial charge in [0.1, 0.15) is 0 Å². The molecule has 1 N–H and O–H groups in total. The molecule has 0 fully saturated rings. The fourth-order valence-electron chi connectivity index (χ4n) is 1.21. The SMILES string of the molecule is CCCCCCC.CO.Cc1ccccc1. The van der Waals surface area contributed by atoms with E-state index >= 15 is 0 Å². The molecule has 0 aromatic heterocycles. The van der Waals surface area contributed by atoms with Gasteiger partial charge in [-0.1, -0.05) is 81.8 Å². The number of hydrogen-bond acceptors (Lipinski definition) is 1. The highest BCUT2D eigenvalue weighted by Crippen LogP contribution is 2.00. The molecule has 0 aliphatic heterocycles. The average molecular weight is 224 g/mol. The van der Waals surface area contributed by atoms with Crippen LogP contribution in [0.5, 0.6) is 0 Å². The molecular weight excluding hydrogens is 196 g/mol. The maximum Gasteiger partial charge on any atom is 0.0319 e. The Kier molecular flexibility index (Phi) is 18.2. The van der Waals surface area contributed by atoms with E-state index in [0.29, 0.717) is 0 Å². The second-order valence-corrected chi connectivity index (χ2v) is 3.72. The van der Waals surface area contributed by atoms with E-state index in [1.165, 1.54) is 37.7 Å². The number of aryl methyl sites for hydroxylation is 1. The van der Waals surface area contributed by atoms with Crippen molar-refractivity contribution in [3.05, 3.63) is 35.9 Å². The van der Waals surface area contributed by atoms with Crippen molar-refractivity contribution in [1.82, 2.24) is 0 Å². The zero-order valence-corrected chi connectivity index (χ0v) is 11.4. The number of aliphatic hydroxyl groups excluding tert-OH is 1. The predicted octanol–water partition coefficient (Wildman–Crippen LogP) is 4.58. The minimum absolute atomic E-state index is 1.00. The first-order valence-electron chi connectivity index (χ1n) is 6.27. The molecule has 16 heavy (non-hydrogen) atoms. The van der Waals surface area contributed by atoms with Gasteiger partial charge in [-0.25, -0.2) is 0 Å². The van der Waals surface area contributed by atoms with Gasteiger partial charge in [0.15, 0.2) is 0 Å². The molecule has 1 aromatic rings. The lowest BCUT2D eigenvalue weighted by molar-refractivity contribution is 0.399. The summed E-state index contributed by atoms with van der Waals surface area (Å²) in [4.78, 5) is 0. The summed E-state index contributed by atoms with van der Waals surface area (Å²) in [6.45, 7) is 6.57. The van der Waals surface area contributed by atoms with Crippen LogP contribution in [0.25, 0.3) is 0 Å². The highest BCUT2D eigenvalue weighted by molar-refractivity contribution is 5.11. The smallest absolute Gasteiger partial charge is 0.0319 e. The van der Waals surface area contributed by atoms with E-state index in [1.54, 1.807) is 0 Å². The molecule has 1 rings (SSSR count). The average Bonchev–Trinajstić information content (AvgIpc) is 2.34. The van der Waals surface area contributed by atoms with Crippen molar-refractivity contribution in [2.45, 2.75) is 52.9 Å². The van der Waals surface area contributed by atoms with Crippen LogP contribution >= 0.6 is 0 Å².